The first kappa shape index (κ1) is 17.6. The van der Waals surface area contributed by atoms with Gasteiger partial charge in [0.05, 0.1) is 31.3 Å². The normalized spacial score (nSPS) is 17.8. The minimum Gasteiger partial charge on any atom is -0.504 e. The van der Waals surface area contributed by atoms with E-state index in [-0.39, 0.29) is 35.2 Å². The number of rotatable bonds is 6. The van der Waals surface area contributed by atoms with Gasteiger partial charge in [0, 0.05) is 11.5 Å². The third kappa shape index (κ3) is 3.57. The molecule has 1 atom stereocenters. The molecular formula is C18H22O7. The highest BCUT2D eigenvalue weighted by Crippen LogP contribution is 2.34. The zero-order chi connectivity index (χ0) is 18.0. The van der Waals surface area contributed by atoms with Crippen molar-refractivity contribution >= 4 is 11.0 Å². The van der Waals surface area contributed by atoms with Crippen LogP contribution in [0.25, 0.3) is 11.0 Å². The third-order valence-electron chi connectivity index (χ3n) is 4.20. The molecular weight excluding hydrogens is 328 g/mol. The summed E-state index contributed by atoms with van der Waals surface area (Å²) in [5.74, 6) is 0.130. The van der Waals surface area contributed by atoms with Crippen molar-refractivity contribution < 1.29 is 28.5 Å². The van der Waals surface area contributed by atoms with Gasteiger partial charge in [-0.05, 0) is 19.1 Å². The van der Waals surface area contributed by atoms with Crippen LogP contribution in [-0.4, -0.2) is 37.8 Å². The number of aromatic hydroxyl groups is 1. The summed E-state index contributed by atoms with van der Waals surface area (Å²) < 4.78 is 27.0. The second-order valence-corrected chi connectivity index (χ2v) is 6.58. The monoisotopic (exact) mass is 350 g/mol. The van der Waals surface area contributed by atoms with Crippen LogP contribution >= 0.6 is 0 Å². The van der Waals surface area contributed by atoms with E-state index in [0.717, 1.165) is 0 Å². The molecule has 2 aromatic rings. The summed E-state index contributed by atoms with van der Waals surface area (Å²) in [4.78, 5) is 11.9. The van der Waals surface area contributed by atoms with Crippen LogP contribution in [0.5, 0.6) is 17.2 Å². The Morgan fingerprint density at radius 1 is 1.32 bits per heavy atom. The summed E-state index contributed by atoms with van der Waals surface area (Å²) in [6.07, 6.45) is -0.0383. The van der Waals surface area contributed by atoms with Crippen LogP contribution in [0.3, 0.4) is 0 Å². The van der Waals surface area contributed by atoms with Crippen LogP contribution < -0.4 is 15.1 Å². The maximum absolute atomic E-state index is 11.9. The first-order valence-electron chi connectivity index (χ1n) is 8.17. The summed E-state index contributed by atoms with van der Waals surface area (Å²) in [5.41, 5.74) is -0.727. The maximum Gasteiger partial charge on any atom is 0.383 e. The van der Waals surface area contributed by atoms with Gasteiger partial charge < -0.3 is 28.5 Å². The first-order chi connectivity index (χ1) is 11.9. The van der Waals surface area contributed by atoms with E-state index < -0.39 is 5.63 Å². The van der Waals surface area contributed by atoms with Crippen molar-refractivity contribution in [3.8, 4) is 17.2 Å². The second-order valence-electron chi connectivity index (χ2n) is 6.58. The predicted molar refractivity (Wildman–Crippen MR) is 90.3 cm³/mol. The van der Waals surface area contributed by atoms with Gasteiger partial charge in [0.15, 0.2) is 5.75 Å². The number of ether oxygens (including phenoxy) is 4. The maximum atomic E-state index is 11.9. The summed E-state index contributed by atoms with van der Waals surface area (Å²) in [5, 5.41) is 10.6. The van der Waals surface area contributed by atoms with Gasteiger partial charge >= 0.3 is 5.63 Å². The van der Waals surface area contributed by atoms with Gasteiger partial charge in [-0.1, -0.05) is 13.8 Å². The average molecular weight is 350 g/mol. The Hall–Kier alpha value is -2.25. The fourth-order valence-electron chi connectivity index (χ4n) is 2.66. The van der Waals surface area contributed by atoms with Gasteiger partial charge in [-0.25, -0.2) is 4.79 Å². The number of hydrogen-bond acceptors (Lipinski definition) is 7. The molecule has 1 unspecified atom stereocenters. The second kappa shape index (κ2) is 6.93. The Morgan fingerprint density at radius 2 is 2.12 bits per heavy atom. The van der Waals surface area contributed by atoms with E-state index in [0.29, 0.717) is 31.1 Å². The molecule has 1 N–H and O–H groups in total. The van der Waals surface area contributed by atoms with E-state index in [1.54, 1.807) is 25.1 Å². The molecule has 0 amide bonds. The quantitative estimate of drug-likeness (QED) is 0.801. The molecule has 7 nitrogen and oxygen atoms in total. The molecule has 25 heavy (non-hydrogen) atoms. The summed E-state index contributed by atoms with van der Waals surface area (Å²) >= 11 is 0. The Bertz CT molecular complexity index is 803. The Kier molecular flexibility index (Phi) is 4.87. The van der Waals surface area contributed by atoms with E-state index in [1.807, 2.05) is 13.8 Å². The fourth-order valence-corrected chi connectivity index (χ4v) is 2.66. The van der Waals surface area contributed by atoms with E-state index >= 15 is 0 Å². The van der Waals surface area contributed by atoms with E-state index in [2.05, 4.69) is 0 Å². The van der Waals surface area contributed by atoms with Crippen LogP contribution in [0.15, 0.2) is 27.4 Å². The molecule has 136 valence electrons. The highest BCUT2D eigenvalue weighted by atomic mass is 16.7. The van der Waals surface area contributed by atoms with E-state index in [1.165, 1.54) is 0 Å². The summed E-state index contributed by atoms with van der Waals surface area (Å²) in [6, 6.07) is 4.92. The molecule has 0 spiro atoms. The molecule has 3 rings (SSSR count). The number of hydrogen-bond donors (Lipinski definition) is 1. The van der Waals surface area contributed by atoms with Crippen molar-refractivity contribution in [1.29, 1.82) is 0 Å². The molecule has 1 aromatic carbocycles. The molecule has 0 bridgehead atoms. The Balaban J connectivity index is 1.81. The van der Waals surface area contributed by atoms with Gasteiger partial charge in [-0.2, -0.15) is 0 Å². The van der Waals surface area contributed by atoms with Gasteiger partial charge in [0.1, 0.15) is 18.1 Å². The highest BCUT2D eigenvalue weighted by Gasteiger charge is 2.34. The average Bonchev–Trinajstić information content (AvgIpc) is 3.12. The zero-order valence-corrected chi connectivity index (χ0v) is 14.5. The molecule has 1 saturated heterocycles. The smallest absolute Gasteiger partial charge is 0.383 e. The molecule has 0 saturated carbocycles. The van der Waals surface area contributed by atoms with Gasteiger partial charge in [-0.3, -0.25) is 0 Å². The van der Waals surface area contributed by atoms with Crippen molar-refractivity contribution in [2.24, 2.45) is 5.41 Å². The van der Waals surface area contributed by atoms with Gasteiger partial charge in [0.25, 0.3) is 0 Å². The minimum absolute atomic E-state index is 0.0383. The number of benzene rings is 1. The van der Waals surface area contributed by atoms with Crippen LogP contribution in [0.1, 0.15) is 20.8 Å². The van der Waals surface area contributed by atoms with Gasteiger partial charge in [0.2, 0.25) is 5.75 Å². The van der Waals surface area contributed by atoms with Crippen molar-refractivity contribution in [2.75, 3.05) is 26.6 Å². The molecule has 2 heterocycles. The van der Waals surface area contributed by atoms with E-state index in [9.17, 15) is 9.90 Å². The van der Waals surface area contributed by atoms with Crippen LogP contribution in [-0.2, 0) is 9.47 Å². The Morgan fingerprint density at radius 3 is 2.80 bits per heavy atom. The van der Waals surface area contributed by atoms with Crippen LogP contribution in [0.4, 0.5) is 0 Å². The summed E-state index contributed by atoms with van der Waals surface area (Å²) in [6.45, 7) is 7.29. The SMILES string of the molecule is CCOc1c(O)c2ccc(OCC(C)(C)C3COCO3)cc2oc1=O. The van der Waals surface area contributed by atoms with E-state index in [4.69, 9.17) is 23.4 Å². The van der Waals surface area contributed by atoms with Crippen molar-refractivity contribution in [3.63, 3.8) is 0 Å². The lowest BCUT2D eigenvalue weighted by atomic mass is 9.88. The molecule has 7 heteroatoms. The summed E-state index contributed by atoms with van der Waals surface area (Å²) in [7, 11) is 0. The van der Waals surface area contributed by atoms with Crippen molar-refractivity contribution in [3.05, 3.63) is 28.6 Å². The molecule has 1 fully saturated rings. The first-order valence-corrected chi connectivity index (χ1v) is 8.17. The third-order valence-corrected chi connectivity index (χ3v) is 4.20. The number of fused-ring (bicyclic) bond motifs is 1. The minimum atomic E-state index is -0.721. The molecule has 0 aliphatic carbocycles. The lowest BCUT2D eigenvalue weighted by molar-refractivity contribution is -0.0140. The zero-order valence-electron chi connectivity index (χ0n) is 14.5. The van der Waals surface area contributed by atoms with Crippen LogP contribution in [0.2, 0.25) is 0 Å². The topological polar surface area (TPSA) is 87.4 Å². The molecule has 1 aromatic heterocycles. The van der Waals surface area contributed by atoms with Crippen molar-refractivity contribution in [2.45, 2.75) is 26.9 Å². The molecule has 1 aliphatic rings. The fraction of sp³-hybridized carbons (Fsp3) is 0.500. The molecule has 1 aliphatic heterocycles. The predicted octanol–water partition coefficient (Wildman–Crippen LogP) is 2.68. The lowest BCUT2D eigenvalue weighted by Gasteiger charge is -2.29. The van der Waals surface area contributed by atoms with Crippen molar-refractivity contribution in [1.82, 2.24) is 0 Å². The Labute approximate surface area is 145 Å². The largest absolute Gasteiger partial charge is 0.504 e. The van der Waals surface area contributed by atoms with Gasteiger partial charge in [-0.15, -0.1) is 0 Å². The highest BCUT2D eigenvalue weighted by molar-refractivity contribution is 5.86. The lowest BCUT2D eigenvalue weighted by Crippen LogP contribution is -2.36. The standard InChI is InChI=1S/C18H22O7/c1-4-22-16-15(19)12-6-5-11(7-13(12)25-17(16)20)23-9-18(2,3)14-8-21-10-24-14/h5-7,14,19H,4,8-10H2,1-3H3. The van der Waals surface area contributed by atoms with Crippen LogP contribution in [0, 0.1) is 5.41 Å². The molecule has 0 radical (unpaired) electrons.